The van der Waals surface area contributed by atoms with E-state index in [2.05, 4.69) is 10.3 Å². The minimum absolute atomic E-state index is 0.0791. The number of rotatable bonds is 7. The fourth-order valence-electron chi connectivity index (χ4n) is 3.13. The van der Waals surface area contributed by atoms with Crippen molar-refractivity contribution in [1.82, 2.24) is 10.3 Å². The van der Waals surface area contributed by atoms with Crippen LogP contribution in [0.4, 0.5) is 8.78 Å². The van der Waals surface area contributed by atoms with E-state index in [-0.39, 0.29) is 18.6 Å². The molecule has 1 fully saturated rings. The lowest BCUT2D eigenvalue weighted by molar-refractivity contribution is 0.0854. The highest BCUT2D eigenvalue weighted by molar-refractivity contribution is 7.13. The van der Waals surface area contributed by atoms with Crippen LogP contribution >= 0.6 is 11.3 Å². The number of ether oxygens (including phenoxy) is 2. The van der Waals surface area contributed by atoms with Gasteiger partial charge in [-0.15, -0.1) is 11.3 Å². The van der Waals surface area contributed by atoms with Gasteiger partial charge in [0.2, 0.25) is 0 Å². The quantitative estimate of drug-likeness (QED) is 0.596. The molecule has 0 aliphatic carbocycles. The fourth-order valence-corrected chi connectivity index (χ4v) is 3.93. The topological polar surface area (TPSA) is 60.5 Å². The number of nitrogens with zero attached hydrogens (tertiary/aromatic N) is 1. The maximum atomic E-state index is 13.3. The highest BCUT2D eigenvalue weighted by atomic mass is 32.1. The van der Waals surface area contributed by atoms with Crippen LogP contribution in [0.2, 0.25) is 0 Å². The summed E-state index contributed by atoms with van der Waals surface area (Å²) in [6, 6.07) is 10.9. The van der Waals surface area contributed by atoms with Gasteiger partial charge in [-0.2, -0.15) is 0 Å². The Balaban J connectivity index is 1.38. The van der Waals surface area contributed by atoms with Crippen molar-refractivity contribution in [3.63, 3.8) is 0 Å². The molecule has 1 amide bonds. The molecule has 1 N–H and O–H groups in total. The zero-order valence-corrected chi connectivity index (χ0v) is 16.9. The molecular formula is C22H20F2N2O3S. The van der Waals surface area contributed by atoms with E-state index in [1.54, 1.807) is 17.5 Å². The Morgan fingerprint density at radius 1 is 1.23 bits per heavy atom. The number of thiazole rings is 1. The van der Waals surface area contributed by atoms with E-state index in [4.69, 9.17) is 9.47 Å². The van der Waals surface area contributed by atoms with Crippen LogP contribution < -0.4 is 10.1 Å². The molecule has 0 spiro atoms. The van der Waals surface area contributed by atoms with E-state index in [0.717, 1.165) is 37.1 Å². The molecule has 8 heteroatoms. The van der Waals surface area contributed by atoms with Gasteiger partial charge in [0.05, 0.1) is 6.10 Å². The van der Waals surface area contributed by atoms with Gasteiger partial charge in [0.25, 0.3) is 5.91 Å². The summed E-state index contributed by atoms with van der Waals surface area (Å²) in [6.07, 6.45) is 2.06. The Kier molecular flexibility index (Phi) is 6.35. The molecule has 156 valence electrons. The Hall–Kier alpha value is -2.84. The minimum atomic E-state index is -0.905. The maximum absolute atomic E-state index is 13.3. The molecule has 1 aliphatic heterocycles. The fraction of sp³-hybridized carbons (Fsp3) is 0.273. The van der Waals surface area contributed by atoms with Crippen LogP contribution in [-0.4, -0.2) is 30.1 Å². The molecular weight excluding hydrogens is 410 g/mol. The Morgan fingerprint density at radius 2 is 2.13 bits per heavy atom. The average molecular weight is 430 g/mol. The molecule has 1 unspecified atom stereocenters. The Labute approximate surface area is 176 Å². The summed E-state index contributed by atoms with van der Waals surface area (Å²) in [4.78, 5) is 16.7. The summed E-state index contributed by atoms with van der Waals surface area (Å²) in [6.45, 7) is 1.34. The maximum Gasteiger partial charge on any atom is 0.270 e. The number of hydrogen-bond acceptors (Lipinski definition) is 5. The first-order valence-corrected chi connectivity index (χ1v) is 10.5. The standard InChI is InChI=1S/C22H20F2N2O3S/c23-18-7-6-14(9-19(18)24)12-29-16-4-1-3-15(10-16)22-26-20(13-30-22)21(27)25-11-17-5-2-8-28-17/h1,3-4,6-7,9-10,13,17H,2,5,8,11-12H2,(H,25,27). The van der Waals surface area contributed by atoms with Crippen LogP contribution in [0.15, 0.2) is 47.8 Å². The first-order valence-electron chi connectivity index (χ1n) is 9.61. The molecule has 0 saturated carbocycles. The second-order valence-electron chi connectivity index (χ2n) is 6.95. The summed E-state index contributed by atoms with van der Waals surface area (Å²) in [7, 11) is 0. The van der Waals surface area contributed by atoms with E-state index in [0.29, 0.717) is 28.6 Å². The summed E-state index contributed by atoms with van der Waals surface area (Å²) in [5, 5.41) is 5.27. The molecule has 1 aromatic heterocycles. The molecule has 1 saturated heterocycles. The number of carbonyl (C=O) groups is 1. The second-order valence-corrected chi connectivity index (χ2v) is 7.81. The van der Waals surface area contributed by atoms with Gasteiger partial charge in [-0.05, 0) is 42.7 Å². The average Bonchev–Trinajstić information content (AvgIpc) is 3.45. The lowest BCUT2D eigenvalue weighted by Crippen LogP contribution is -2.31. The molecule has 0 radical (unpaired) electrons. The van der Waals surface area contributed by atoms with Crippen LogP contribution in [0.1, 0.15) is 28.9 Å². The van der Waals surface area contributed by atoms with Crippen molar-refractivity contribution in [3.05, 3.63) is 70.7 Å². The number of halogens is 2. The third-order valence-electron chi connectivity index (χ3n) is 4.72. The number of amides is 1. The van der Waals surface area contributed by atoms with Crippen LogP contribution in [-0.2, 0) is 11.3 Å². The van der Waals surface area contributed by atoms with Crippen molar-refractivity contribution in [2.75, 3.05) is 13.2 Å². The lowest BCUT2D eigenvalue weighted by Gasteiger charge is -2.09. The summed E-state index contributed by atoms with van der Waals surface area (Å²) < 4.78 is 37.6. The van der Waals surface area contributed by atoms with Gasteiger partial charge < -0.3 is 14.8 Å². The monoisotopic (exact) mass is 430 g/mol. The zero-order chi connectivity index (χ0) is 20.9. The van der Waals surface area contributed by atoms with Crippen LogP contribution in [0.3, 0.4) is 0 Å². The van der Waals surface area contributed by atoms with Crippen molar-refractivity contribution in [1.29, 1.82) is 0 Å². The largest absolute Gasteiger partial charge is 0.489 e. The summed E-state index contributed by atoms with van der Waals surface area (Å²) in [5.74, 6) is -1.45. The van der Waals surface area contributed by atoms with E-state index in [1.165, 1.54) is 17.4 Å². The Bertz CT molecular complexity index is 1030. The summed E-state index contributed by atoms with van der Waals surface area (Å²) >= 11 is 1.37. The number of carbonyl (C=O) groups excluding carboxylic acids is 1. The molecule has 1 aliphatic rings. The molecule has 3 aromatic rings. The van der Waals surface area contributed by atoms with Gasteiger partial charge in [-0.25, -0.2) is 13.8 Å². The van der Waals surface area contributed by atoms with E-state index < -0.39 is 11.6 Å². The van der Waals surface area contributed by atoms with Crippen LogP contribution in [0, 0.1) is 11.6 Å². The lowest BCUT2D eigenvalue weighted by atomic mass is 10.2. The molecule has 30 heavy (non-hydrogen) atoms. The number of nitrogens with one attached hydrogen (secondary N) is 1. The van der Waals surface area contributed by atoms with Crippen molar-refractivity contribution in [3.8, 4) is 16.3 Å². The highest BCUT2D eigenvalue weighted by Crippen LogP contribution is 2.27. The summed E-state index contributed by atoms with van der Waals surface area (Å²) in [5.41, 5.74) is 1.70. The smallest absolute Gasteiger partial charge is 0.270 e. The molecule has 5 nitrogen and oxygen atoms in total. The predicted octanol–water partition coefficient (Wildman–Crippen LogP) is 4.58. The normalized spacial score (nSPS) is 15.9. The zero-order valence-electron chi connectivity index (χ0n) is 16.1. The minimum Gasteiger partial charge on any atom is -0.489 e. The number of hydrogen-bond donors (Lipinski definition) is 1. The third-order valence-corrected chi connectivity index (χ3v) is 5.61. The van der Waals surface area contributed by atoms with Crippen molar-refractivity contribution < 1.29 is 23.0 Å². The van der Waals surface area contributed by atoms with Gasteiger partial charge in [-0.3, -0.25) is 4.79 Å². The number of aromatic nitrogens is 1. The molecule has 2 aromatic carbocycles. The number of benzene rings is 2. The van der Waals surface area contributed by atoms with Gasteiger partial charge >= 0.3 is 0 Å². The van der Waals surface area contributed by atoms with Gasteiger partial charge in [0, 0.05) is 24.1 Å². The first kappa shape index (κ1) is 20.4. The molecule has 1 atom stereocenters. The SMILES string of the molecule is O=C(NCC1CCCO1)c1csc(-c2cccc(OCc3ccc(F)c(F)c3)c2)n1. The highest BCUT2D eigenvalue weighted by Gasteiger charge is 2.18. The molecule has 0 bridgehead atoms. The molecule has 2 heterocycles. The van der Waals surface area contributed by atoms with Gasteiger partial charge in [0.1, 0.15) is 23.1 Å². The van der Waals surface area contributed by atoms with Crippen molar-refractivity contribution in [2.45, 2.75) is 25.6 Å². The van der Waals surface area contributed by atoms with Crippen LogP contribution in [0.5, 0.6) is 5.75 Å². The Morgan fingerprint density at radius 3 is 2.93 bits per heavy atom. The molecule has 4 rings (SSSR count). The predicted molar refractivity (Wildman–Crippen MR) is 110 cm³/mol. The van der Waals surface area contributed by atoms with Crippen molar-refractivity contribution in [2.24, 2.45) is 0 Å². The first-order chi connectivity index (χ1) is 14.6. The van der Waals surface area contributed by atoms with E-state index in [1.807, 2.05) is 12.1 Å². The van der Waals surface area contributed by atoms with Crippen molar-refractivity contribution >= 4 is 17.2 Å². The van der Waals surface area contributed by atoms with Crippen LogP contribution in [0.25, 0.3) is 10.6 Å². The van der Waals surface area contributed by atoms with E-state index >= 15 is 0 Å². The third kappa shape index (κ3) is 5.01. The van der Waals surface area contributed by atoms with Gasteiger partial charge in [0.15, 0.2) is 11.6 Å². The van der Waals surface area contributed by atoms with E-state index in [9.17, 15) is 13.6 Å². The van der Waals surface area contributed by atoms with Gasteiger partial charge in [-0.1, -0.05) is 18.2 Å². The second kappa shape index (κ2) is 9.32.